The number of amides is 1. The molecular weight excluding hydrogens is 366 g/mol. The first-order chi connectivity index (χ1) is 14.2. The molecule has 152 valence electrons. The molecule has 0 saturated heterocycles. The van der Waals surface area contributed by atoms with Crippen molar-refractivity contribution in [1.82, 2.24) is 24.9 Å². The molecule has 0 bridgehead atoms. The Morgan fingerprint density at radius 3 is 2.97 bits per heavy atom. The zero-order chi connectivity index (χ0) is 20.1. The number of hydrogen-bond donors (Lipinski definition) is 3. The van der Waals surface area contributed by atoms with Crippen LogP contribution in [0.1, 0.15) is 41.6 Å². The van der Waals surface area contributed by atoms with E-state index in [0.717, 1.165) is 24.9 Å². The van der Waals surface area contributed by atoms with E-state index < -0.39 is 0 Å². The molecule has 1 amide bonds. The lowest BCUT2D eigenvalue weighted by atomic mass is 9.81. The molecule has 29 heavy (non-hydrogen) atoms. The van der Waals surface area contributed by atoms with Gasteiger partial charge in [-0.25, -0.2) is 9.50 Å². The van der Waals surface area contributed by atoms with Crippen molar-refractivity contribution < 1.29 is 4.79 Å². The maximum absolute atomic E-state index is 12.7. The Bertz CT molecular complexity index is 956. The predicted octanol–water partition coefficient (Wildman–Crippen LogP) is 2.23. The number of carbonyl (C=O) groups excluding carboxylic acids is 1. The molecule has 1 aliphatic rings. The number of fused-ring (bicyclic) bond motifs is 1. The summed E-state index contributed by atoms with van der Waals surface area (Å²) in [5.41, 5.74) is 7.91. The van der Waals surface area contributed by atoms with Crippen LogP contribution in [0.4, 0.5) is 5.82 Å². The standard InChI is InChI=1S/C21H27N7O/c22-10-15-3-1-4-16(9-15)12-25-21(29)18-14-26-28-8-6-19(27-20(18)28)24-13-17-5-2-7-23-11-17/h2,5-8,11,14-16H,1,3-4,9-10,12-13,22H2,(H,24,27)(H,25,29). The van der Waals surface area contributed by atoms with Crippen molar-refractivity contribution >= 4 is 17.4 Å². The summed E-state index contributed by atoms with van der Waals surface area (Å²) in [5, 5.41) is 10.6. The lowest BCUT2D eigenvalue weighted by Crippen LogP contribution is -2.33. The van der Waals surface area contributed by atoms with Crippen LogP contribution in [0.15, 0.2) is 43.0 Å². The first kappa shape index (κ1) is 19.3. The summed E-state index contributed by atoms with van der Waals surface area (Å²) in [7, 11) is 0. The molecule has 0 aliphatic heterocycles. The van der Waals surface area contributed by atoms with E-state index in [4.69, 9.17) is 5.73 Å². The van der Waals surface area contributed by atoms with Gasteiger partial charge in [0.25, 0.3) is 5.91 Å². The number of rotatable bonds is 7. The van der Waals surface area contributed by atoms with Crippen LogP contribution < -0.4 is 16.4 Å². The summed E-state index contributed by atoms with van der Waals surface area (Å²) in [6.07, 6.45) is 11.6. The Morgan fingerprint density at radius 1 is 1.24 bits per heavy atom. The maximum atomic E-state index is 12.7. The summed E-state index contributed by atoms with van der Waals surface area (Å²) in [4.78, 5) is 21.4. The highest BCUT2D eigenvalue weighted by molar-refractivity contribution is 5.99. The molecule has 3 aromatic heterocycles. The van der Waals surface area contributed by atoms with Crippen LogP contribution in [0.25, 0.3) is 5.65 Å². The molecule has 3 aromatic rings. The minimum atomic E-state index is -0.133. The Morgan fingerprint density at radius 2 is 2.14 bits per heavy atom. The fourth-order valence-electron chi connectivity index (χ4n) is 3.96. The Hall–Kier alpha value is -3.00. The van der Waals surface area contributed by atoms with Gasteiger partial charge in [-0.15, -0.1) is 0 Å². The third-order valence-corrected chi connectivity index (χ3v) is 5.59. The Balaban J connectivity index is 1.41. The van der Waals surface area contributed by atoms with Crippen molar-refractivity contribution in [3.05, 3.63) is 54.1 Å². The number of pyridine rings is 1. The zero-order valence-corrected chi connectivity index (χ0v) is 16.4. The minimum Gasteiger partial charge on any atom is -0.366 e. The van der Waals surface area contributed by atoms with Crippen molar-refractivity contribution in [2.75, 3.05) is 18.4 Å². The van der Waals surface area contributed by atoms with Crippen molar-refractivity contribution in [3.8, 4) is 0 Å². The molecule has 4 rings (SSSR count). The molecule has 8 heteroatoms. The van der Waals surface area contributed by atoms with Crippen LogP contribution in [0.3, 0.4) is 0 Å². The third-order valence-electron chi connectivity index (χ3n) is 5.59. The van der Waals surface area contributed by atoms with E-state index >= 15 is 0 Å². The summed E-state index contributed by atoms with van der Waals surface area (Å²) in [6.45, 7) is 2.01. The highest BCUT2D eigenvalue weighted by Crippen LogP contribution is 2.27. The summed E-state index contributed by atoms with van der Waals surface area (Å²) < 4.78 is 1.62. The van der Waals surface area contributed by atoms with Crippen LogP contribution >= 0.6 is 0 Å². The van der Waals surface area contributed by atoms with Gasteiger partial charge in [0.15, 0.2) is 5.65 Å². The lowest BCUT2D eigenvalue weighted by molar-refractivity contribution is 0.0942. The van der Waals surface area contributed by atoms with Gasteiger partial charge in [0.1, 0.15) is 11.4 Å². The van der Waals surface area contributed by atoms with E-state index in [2.05, 4.69) is 25.7 Å². The Labute approximate surface area is 169 Å². The van der Waals surface area contributed by atoms with E-state index in [-0.39, 0.29) is 5.91 Å². The largest absolute Gasteiger partial charge is 0.366 e. The smallest absolute Gasteiger partial charge is 0.256 e. The van der Waals surface area contributed by atoms with E-state index in [1.165, 1.54) is 12.8 Å². The van der Waals surface area contributed by atoms with Crippen LogP contribution in [0.2, 0.25) is 0 Å². The second-order valence-corrected chi connectivity index (χ2v) is 7.70. The van der Waals surface area contributed by atoms with Gasteiger partial charge in [-0.2, -0.15) is 5.10 Å². The number of carbonyl (C=O) groups is 1. The predicted molar refractivity (Wildman–Crippen MR) is 111 cm³/mol. The highest BCUT2D eigenvalue weighted by atomic mass is 16.1. The maximum Gasteiger partial charge on any atom is 0.256 e. The van der Waals surface area contributed by atoms with E-state index in [1.807, 2.05) is 24.4 Å². The fourth-order valence-corrected chi connectivity index (χ4v) is 3.96. The zero-order valence-electron chi connectivity index (χ0n) is 16.4. The normalized spacial score (nSPS) is 19.2. The van der Waals surface area contributed by atoms with Crippen LogP contribution in [-0.2, 0) is 6.54 Å². The fraction of sp³-hybridized carbons (Fsp3) is 0.429. The number of aromatic nitrogens is 4. The quantitative estimate of drug-likeness (QED) is 0.568. The molecule has 2 unspecified atom stereocenters. The number of nitrogens with one attached hydrogen (secondary N) is 2. The van der Waals surface area contributed by atoms with Crippen molar-refractivity contribution in [3.63, 3.8) is 0 Å². The highest BCUT2D eigenvalue weighted by Gasteiger charge is 2.22. The molecular formula is C21H27N7O. The summed E-state index contributed by atoms with van der Waals surface area (Å²) >= 11 is 0. The molecule has 4 N–H and O–H groups in total. The van der Waals surface area contributed by atoms with Gasteiger partial charge in [0.2, 0.25) is 0 Å². The molecule has 1 fully saturated rings. The van der Waals surface area contributed by atoms with Gasteiger partial charge in [-0.1, -0.05) is 12.5 Å². The average molecular weight is 393 g/mol. The van der Waals surface area contributed by atoms with Crippen molar-refractivity contribution in [1.29, 1.82) is 0 Å². The number of anilines is 1. The first-order valence-electron chi connectivity index (χ1n) is 10.2. The molecule has 1 saturated carbocycles. The molecule has 3 heterocycles. The van der Waals surface area contributed by atoms with Gasteiger partial charge in [-0.05, 0) is 55.3 Å². The minimum absolute atomic E-state index is 0.133. The second-order valence-electron chi connectivity index (χ2n) is 7.70. The number of nitrogens with two attached hydrogens (primary N) is 1. The Kier molecular flexibility index (Phi) is 6.00. The van der Waals surface area contributed by atoms with Gasteiger partial charge in [0.05, 0.1) is 6.20 Å². The van der Waals surface area contributed by atoms with Crippen molar-refractivity contribution in [2.45, 2.75) is 32.2 Å². The monoisotopic (exact) mass is 393 g/mol. The second kappa shape index (κ2) is 9.00. The van der Waals surface area contributed by atoms with E-state index in [0.29, 0.717) is 42.0 Å². The topological polar surface area (TPSA) is 110 Å². The van der Waals surface area contributed by atoms with Gasteiger partial charge < -0.3 is 16.4 Å². The first-order valence-corrected chi connectivity index (χ1v) is 10.2. The lowest BCUT2D eigenvalue weighted by Gasteiger charge is -2.28. The molecule has 0 aromatic carbocycles. The average Bonchev–Trinajstić information content (AvgIpc) is 3.20. The molecule has 1 aliphatic carbocycles. The van der Waals surface area contributed by atoms with Crippen LogP contribution in [0.5, 0.6) is 0 Å². The molecule has 0 spiro atoms. The van der Waals surface area contributed by atoms with Crippen LogP contribution in [0, 0.1) is 11.8 Å². The summed E-state index contributed by atoms with van der Waals surface area (Å²) in [5.74, 6) is 1.63. The van der Waals surface area contributed by atoms with Gasteiger partial charge in [-0.3, -0.25) is 9.78 Å². The van der Waals surface area contributed by atoms with E-state index in [1.54, 1.807) is 23.1 Å². The molecule has 2 atom stereocenters. The SMILES string of the molecule is NCC1CCCC(CNC(=O)c2cnn3ccc(NCc4cccnc4)nc23)C1. The molecule has 0 radical (unpaired) electrons. The van der Waals surface area contributed by atoms with E-state index in [9.17, 15) is 4.79 Å². The van der Waals surface area contributed by atoms with Crippen LogP contribution in [-0.4, -0.2) is 38.6 Å². The number of hydrogen-bond acceptors (Lipinski definition) is 6. The molecule has 8 nitrogen and oxygen atoms in total. The third kappa shape index (κ3) is 4.71. The summed E-state index contributed by atoms with van der Waals surface area (Å²) in [6, 6.07) is 5.73. The number of nitrogens with zero attached hydrogens (tertiary/aromatic N) is 4. The van der Waals surface area contributed by atoms with Crippen molar-refractivity contribution in [2.24, 2.45) is 17.6 Å². The van der Waals surface area contributed by atoms with Gasteiger partial charge >= 0.3 is 0 Å². The van der Waals surface area contributed by atoms with Gasteiger partial charge in [0, 0.05) is 31.7 Å².